The maximum Gasteiger partial charge on any atom is 0.216 e. The topological polar surface area (TPSA) is 62.3 Å². The molecule has 2 aromatic carbocycles. The number of aromatic nitrogens is 1. The van der Waals surface area contributed by atoms with Gasteiger partial charge in [0.2, 0.25) is 10.0 Å². The van der Waals surface area contributed by atoms with Gasteiger partial charge in [-0.3, -0.25) is 4.98 Å². The number of nitrogens with zero attached hydrogens (tertiary/aromatic N) is 2. The fourth-order valence-electron chi connectivity index (χ4n) is 4.36. The van der Waals surface area contributed by atoms with E-state index >= 15 is 0 Å². The van der Waals surface area contributed by atoms with Crippen LogP contribution in [-0.2, 0) is 10.0 Å². The summed E-state index contributed by atoms with van der Waals surface area (Å²) in [7, 11) is -3.11. The summed E-state index contributed by atoms with van der Waals surface area (Å²) >= 11 is 0. The number of nitrogens with one attached hydrogen (secondary N) is 1. The molecule has 7 heteroatoms. The van der Waals surface area contributed by atoms with Gasteiger partial charge in [-0.25, -0.2) is 17.1 Å². The van der Waals surface area contributed by atoms with Crippen LogP contribution < -0.4 is 5.32 Å². The molecule has 0 amide bonds. The Bertz CT molecular complexity index is 1230. The van der Waals surface area contributed by atoms with Gasteiger partial charge >= 0.3 is 0 Å². The molecule has 1 aromatic heterocycles. The molecule has 0 atom stereocenters. The maximum absolute atomic E-state index is 13.8. The van der Waals surface area contributed by atoms with Crippen LogP contribution in [0.5, 0.6) is 0 Å². The normalized spacial score (nSPS) is 18.4. The summed E-state index contributed by atoms with van der Waals surface area (Å²) in [5.74, 6) is -0.208. The van der Waals surface area contributed by atoms with Gasteiger partial charge in [0.15, 0.2) is 0 Å². The van der Waals surface area contributed by atoms with E-state index in [4.69, 9.17) is 0 Å². The van der Waals surface area contributed by atoms with Gasteiger partial charge in [-0.05, 0) is 85.0 Å². The number of sulfonamides is 1. The molecule has 31 heavy (non-hydrogen) atoms. The van der Waals surface area contributed by atoms with Crippen molar-refractivity contribution in [1.82, 2.24) is 9.29 Å². The fraction of sp³-hybridized carbons (Fsp3) is 0.375. The van der Waals surface area contributed by atoms with Crippen molar-refractivity contribution in [1.29, 1.82) is 0 Å². The van der Waals surface area contributed by atoms with Gasteiger partial charge in [0, 0.05) is 42.6 Å². The Morgan fingerprint density at radius 1 is 1.03 bits per heavy atom. The number of hydrogen-bond acceptors (Lipinski definition) is 4. The van der Waals surface area contributed by atoms with Gasteiger partial charge < -0.3 is 5.32 Å². The molecule has 2 fully saturated rings. The molecule has 5 nitrogen and oxygen atoms in total. The Kier molecular flexibility index (Phi) is 5.18. The smallest absolute Gasteiger partial charge is 0.216 e. The van der Waals surface area contributed by atoms with Crippen molar-refractivity contribution in [2.45, 2.75) is 43.9 Å². The van der Waals surface area contributed by atoms with Crippen molar-refractivity contribution in [2.24, 2.45) is 0 Å². The number of benzene rings is 2. The Morgan fingerprint density at radius 3 is 2.52 bits per heavy atom. The molecule has 0 bridgehead atoms. The van der Waals surface area contributed by atoms with Gasteiger partial charge in [0.1, 0.15) is 5.82 Å². The molecule has 1 aliphatic heterocycles. The van der Waals surface area contributed by atoms with Gasteiger partial charge in [-0.2, -0.15) is 0 Å². The summed E-state index contributed by atoms with van der Waals surface area (Å²) in [5.41, 5.74) is 3.57. The minimum atomic E-state index is -3.11. The molecule has 1 saturated heterocycles. The monoisotopic (exact) mass is 439 g/mol. The van der Waals surface area contributed by atoms with Crippen molar-refractivity contribution in [3.63, 3.8) is 0 Å². The molecule has 0 spiro atoms. The molecular weight excluding hydrogens is 413 g/mol. The summed E-state index contributed by atoms with van der Waals surface area (Å²) in [6, 6.07) is 11.5. The summed E-state index contributed by atoms with van der Waals surface area (Å²) in [5, 5.41) is 5.58. The lowest BCUT2D eigenvalue weighted by Crippen LogP contribution is -2.43. The van der Waals surface area contributed by atoms with Crippen molar-refractivity contribution >= 4 is 26.5 Å². The molecule has 162 valence electrons. The summed E-state index contributed by atoms with van der Waals surface area (Å²) in [6.45, 7) is 2.89. The summed E-state index contributed by atoms with van der Waals surface area (Å²) < 4.78 is 40.4. The van der Waals surface area contributed by atoms with Crippen molar-refractivity contribution in [3.8, 4) is 11.1 Å². The lowest BCUT2D eigenvalue weighted by molar-refractivity contribution is 0.329. The van der Waals surface area contributed by atoms with E-state index in [1.54, 1.807) is 23.5 Å². The molecule has 1 saturated carbocycles. The first-order chi connectivity index (χ1) is 14.9. The highest BCUT2D eigenvalue weighted by molar-refractivity contribution is 7.90. The Balaban J connectivity index is 1.41. The third-order valence-electron chi connectivity index (χ3n) is 6.37. The molecule has 2 heterocycles. The Labute approximate surface area is 182 Å². The highest BCUT2D eigenvalue weighted by atomic mass is 32.2. The van der Waals surface area contributed by atoms with Crippen LogP contribution in [0.1, 0.15) is 31.2 Å². The zero-order valence-electron chi connectivity index (χ0n) is 17.5. The average molecular weight is 440 g/mol. The molecule has 3 aromatic rings. The standard InChI is InChI=1S/C24H26FN3O2S/c1-16-12-17(2-5-23(16)25)19-13-18-6-9-26-15-22(18)24(14-19)27-20-7-10-28(11-8-20)31(29,30)21-3-4-21/h2,5-6,9,12-15,20-21,27H,3-4,7-8,10-11H2,1H3. The predicted octanol–water partition coefficient (Wildman–Crippen LogP) is 4.72. The van der Waals surface area contributed by atoms with Gasteiger partial charge in [0.25, 0.3) is 0 Å². The first kappa shape index (κ1) is 20.4. The van der Waals surface area contributed by atoms with Crippen LogP contribution in [0, 0.1) is 12.7 Å². The van der Waals surface area contributed by atoms with Crippen molar-refractivity contribution in [3.05, 3.63) is 60.2 Å². The third kappa shape index (κ3) is 4.04. The van der Waals surface area contributed by atoms with Crippen LogP contribution in [0.25, 0.3) is 21.9 Å². The van der Waals surface area contributed by atoms with E-state index in [2.05, 4.69) is 22.4 Å². The van der Waals surface area contributed by atoms with Crippen LogP contribution in [-0.4, -0.2) is 42.1 Å². The zero-order chi connectivity index (χ0) is 21.6. The third-order valence-corrected chi connectivity index (χ3v) is 8.76. The summed E-state index contributed by atoms with van der Waals surface area (Å²) in [4.78, 5) is 4.29. The number of piperidine rings is 1. The van der Waals surface area contributed by atoms with Crippen molar-refractivity contribution in [2.75, 3.05) is 18.4 Å². The SMILES string of the molecule is Cc1cc(-c2cc(NC3CCN(S(=O)(=O)C4CC4)CC3)c3cnccc3c2)ccc1F. The van der Waals surface area contributed by atoms with Gasteiger partial charge in [-0.15, -0.1) is 0 Å². The molecule has 0 radical (unpaired) electrons. The van der Waals surface area contributed by atoms with Crippen LogP contribution in [0.4, 0.5) is 10.1 Å². The molecule has 5 rings (SSSR count). The number of aryl methyl sites for hydroxylation is 1. The molecular formula is C24H26FN3O2S. The first-order valence-electron chi connectivity index (χ1n) is 10.8. The highest BCUT2D eigenvalue weighted by Crippen LogP contribution is 2.35. The highest BCUT2D eigenvalue weighted by Gasteiger charge is 2.41. The first-order valence-corrected chi connectivity index (χ1v) is 12.3. The van der Waals surface area contributed by atoms with E-state index in [-0.39, 0.29) is 17.1 Å². The molecule has 2 aliphatic rings. The van der Waals surface area contributed by atoms with E-state index < -0.39 is 10.0 Å². The number of rotatable bonds is 5. The average Bonchev–Trinajstić information content (AvgIpc) is 3.62. The van der Waals surface area contributed by atoms with Crippen molar-refractivity contribution < 1.29 is 12.8 Å². The predicted molar refractivity (Wildman–Crippen MR) is 122 cm³/mol. The maximum atomic E-state index is 13.8. The number of pyridine rings is 1. The fourth-order valence-corrected chi connectivity index (χ4v) is 6.23. The van der Waals surface area contributed by atoms with Crippen LogP contribution >= 0.6 is 0 Å². The molecule has 1 aliphatic carbocycles. The van der Waals surface area contributed by atoms with E-state index in [1.165, 1.54) is 6.07 Å². The van der Waals surface area contributed by atoms with Crippen LogP contribution in [0.2, 0.25) is 0 Å². The van der Waals surface area contributed by atoms with E-state index in [0.29, 0.717) is 18.7 Å². The van der Waals surface area contributed by atoms with E-state index in [0.717, 1.165) is 53.3 Å². The minimum Gasteiger partial charge on any atom is -0.382 e. The van der Waals surface area contributed by atoms with E-state index in [1.807, 2.05) is 18.3 Å². The second kappa shape index (κ2) is 7.88. The second-order valence-electron chi connectivity index (χ2n) is 8.65. The molecule has 1 N–H and O–H groups in total. The number of halogens is 1. The largest absolute Gasteiger partial charge is 0.382 e. The quantitative estimate of drug-likeness (QED) is 0.625. The van der Waals surface area contributed by atoms with E-state index in [9.17, 15) is 12.8 Å². The lowest BCUT2D eigenvalue weighted by Gasteiger charge is -2.32. The summed E-state index contributed by atoms with van der Waals surface area (Å²) in [6.07, 6.45) is 6.77. The second-order valence-corrected chi connectivity index (χ2v) is 10.9. The lowest BCUT2D eigenvalue weighted by atomic mass is 9.98. The number of anilines is 1. The van der Waals surface area contributed by atoms with Crippen LogP contribution in [0.15, 0.2) is 48.8 Å². The van der Waals surface area contributed by atoms with Gasteiger partial charge in [0.05, 0.1) is 5.25 Å². The zero-order valence-corrected chi connectivity index (χ0v) is 18.3. The van der Waals surface area contributed by atoms with Crippen LogP contribution in [0.3, 0.4) is 0 Å². The minimum absolute atomic E-state index is 0.150. The Hall–Kier alpha value is -2.51. The Morgan fingerprint density at radius 2 is 1.81 bits per heavy atom. The number of fused-ring (bicyclic) bond motifs is 1. The number of hydrogen-bond donors (Lipinski definition) is 1. The molecule has 0 unspecified atom stereocenters. The van der Waals surface area contributed by atoms with Gasteiger partial charge in [-0.1, -0.05) is 6.07 Å².